The molecule has 0 aliphatic carbocycles. The summed E-state index contributed by atoms with van der Waals surface area (Å²) < 4.78 is 26.7. The predicted octanol–water partition coefficient (Wildman–Crippen LogP) is 4.23. The lowest BCUT2D eigenvalue weighted by molar-refractivity contribution is -0.0711. The molecule has 0 saturated carbocycles. The zero-order chi connectivity index (χ0) is 17.4. The van der Waals surface area contributed by atoms with E-state index < -0.39 is 11.6 Å². The summed E-state index contributed by atoms with van der Waals surface area (Å²) in [6.45, 7) is 3.68. The van der Waals surface area contributed by atoms with Crippen molar-refractivity contribution in [3.8, 4) is 17.6 Å². The van der Waals surface area contributed by atoms with Gasteiger partial charge in [0, 0.05) is 12.5 Å². The van der Waals surface area contributed by atoms with Crippen LogP contribution < -0.4 is 14.8 Å². The van der Waals surface area contributed by atoms with E-state index in [4.69, 9.17) is 14.7 Å². The van der Waals surface area contributed by atoms with E-state index in [1.54, 1.807) is 19.1 Å². The molecule has 4 nitrogen and oxygen atoms in total. The molecule has 2 aromatic rings. The van der Waals surface area contributed by atoms with Crippen LogP contribution in [0.1, 0.15) is 42.4 Å². The third-order valence-electron chi connectivity index (χ3n) is 4.98. The maximum atomic E-state index is 14.5. The molecule has 1 fully saturated rings. The Kier molecular flexibility index (Phi) is 5.08. The molecule has 1 saturated heterocycles. The summed E-state index contributed by atoms with van der Waals surface area (Å²) in [7, 11) is 0. The van der Waals surface area contributed by atoms with Crippen molar-refractivity contribution in [2.75, 3.05) is 13.1 Å². The van der Waals surface area contributed by atoms with Crippen LogP contribution in [0.2, 0.25) is 0 Å². The molecule has 2 aromatic carbocycles. The van der Waals surface area contributed by atoms with Crippen LogP contribution >= 0.6 is 12.4 Å². The Bertz CT molecular complexity index is 861. The lowest BCUT2D eigenvalue weighted by Gasteiger charge is -2.26. The average molecular weight is 375 g/mol. The number of nitrogens with one attached hydrogen (secondary N) is 1. The van der Waals surface area contributed by atoms with E-state index in [2.05, 4.69) is 11.4 Å². The van der Waals surface area contributed by atoms with Crippen molar-refractivity contribution >= 4 is 12.4 Å². The number of piperidine rings is 1. The number of ether oxygens (including phenoxy) is 2. The van der Waals surface area contributed by atoms with Gasteiger partial charge in [0.05, 0.1) is 17.2 Å². The minimum Gasteiger partial charge on any atom is -0.444 e. The van der Waals surface area contributed by atoms with Gasteiger partial charge in [-0.2, -0.15) is 5.26 Å². The summed E-state index contributed by atoms with van der Waals surface area (Å²) in [6.07, 6.45) is 2.09. The number of halogens is 2. The second-order valence-corrected chi connectivity index (χ2v) is 6.66. The van der Waals surface area contributed by atoms with E-state index in [0.29, 0.717) is 23.0 Å². The highest BCUT2D eigenvalue weighted by atomic mass is 35.5. The zero-order valence-electron chi connectivity index (χ0n) is 14.4. The van der Waals surface area contributed by atoms with E-state index >= 15 is 0 Å². The van der Waals surface area contributed by atoms with Gasteiger partial charge in [-0.3, -0.25) is 0 Å². The molecule has 2 aliphatic heterocycles. The fraction of sp³-hybridized carbons (Fsp3) is 0.350. The maximum Gasteiger partial charge on any atom is 0.278 e. The second kappa shape index (κ2) is 7.14. The monoisotopic (exact) mass is 374 g/mol. The first kappa shape index (κ1) is 18.5. The van der Waals surface area contributed by atoms with Crippen LogP contribution in [-0.2, 0) is 5.79 Å². The minimum absolute atomic E-state index is 0. The molecule has 1 N–H and O–H groups in total. The summed E-state index contributed by atoms with van der Waals surface area (Å²) >= 11 is 0. The van der Waals surface area contributed by atoms with Gasteiger partial charge in [-0.05, 0) is 56.1 Å². The highest BCUT2D eigenvalue weighted by molar-refractivity contribution is 5.85. The van der Waals surface area contributed by atoms with Crippen molar-refractivity contribution in [2.24, 2.45) is 0 Å². The van der Waals surface area contributed by atoms with Gasteiger partial charge in [0.15, 0.2) is 11.5 Å². The number of hydrogen-bond donors (Lipinski definition) is 1. The van der Waals surface area contributed by atoms with Crippen LogP contribution in [0, 0.1) is 17.1 Å². The van der Waals surface area contributed by atoms with Crippen LogP contribution in [0.5, 0.6) is 11.5 Å². The molecule has 6 heteroatoms. The number of rotatable bonds is 2. The van der Waals surface area contributed by atoms with E-state index in [0.717, 1.165) is 31.5 Å². The Hall–Kier alpha value is -2.29. The largest absolute Gasteiger partial charge is 0.444 e. The Morgan fingerprint density at radius 2 is 1.96 bits per heavy atom. The molecule has 0 bridgehead atoms. The minimum atomic E-state index is -1.23. The molecule has 136 valence electrons. The molecule has 4 rings (SSSR count). The number of para-hydroxylation sites is 1. The second-order valence-electron chi connectivity index (χ2n) is 6.66. The Labute approximate surface area is 158 Å². The van der Waals surface area contributed by atoms with E-state index in [1.165, 1.54) is 6.07 Å². The number of nitriles is 1. The van der Waals surface area contributed by atoms with Crippen molar-refractivity contribution in [1.29, 1.82) is 5.26 Å². The zero-order valence-corrected chi connectivity index (χ0v) is 15.2. The quantitative estimate of drug-likeness (QED) is 0.854. The van der Waals surface area contributed by atoms with Gasteiger partial charge in [0.25, 0.3) is 5.79 Å². The molecular weight excluding hydrogens is 355 g/mol. The molecule has 2 aliphatic rings. The molecule has 1 atom stereocenters. The van der Waals surface area contributed by atoms with Gasteiger partial charge in [-0.15, -0.1) is 12.4 Å². The van der Waals surface area contributed by atoms with Crippen LogP contribution in [0.4, 0.5) is 4.39 Å². The lowest BCUT2D eigenvalue weighted by atomic mass is 9.89. The van der Waals surface area contributed by atoms with Crippen molar-refractivity contribution in [2.45, 2.75) is 31.5 Å². The number of benzene rings is 2. The predicted molar refractivity (Wildman–Crippen MR) is 98.3 cm³/mol. The normalized spacial score (nSPS) is 21.7. The molecule has 0 aromatic heterocycles. The molecule has 0 unspecified atom stereocenters. The first-order chi connectivity index (χ1) is 12.1. The van der Waals surface area contributed by atoms with Gasteiger partial charge in [-0.25, -0.2) is 4.39 Å². The first-order valence-electron chi connectivity index (χ1n) is 8.52. The molecular formula is C20H20ClFN2O2. The third kappa shape index (κ3) is 3.11. The van der Waals surface area contributed by atoms with Gasteiger partial charge in [0.2, 0.25) is 0 Å². The average Bonchev–Trinajstić information content (AvgIpc) is 2.99. The topological polar surface area (TPSA) is 54.3 Å². The summed E-state index contributed by atoms with van der Waals surface area (Å²) in [5.74, 6) is 0.0253. The van der Waals surface area contributed by atoms with Crippen molar-refractivity contribution in [1.82, 2.24) is 5.32 Å². The van der Waals surface area contributed by atoms with Crippen molar-refractivity contribution in [3.05, 3.63) is 58.9 Å². The third-order valence-corrected chi connectivity index (χ3v) is 4.98. The Balaban J connectivity index is 0.00000196. The molecule has 0 spiro atoms. The SMILES string of the molecule is C[C@]1(c2ccc(C#N)cc2F)Oc2cccc(C3CCNCC3)c2O1.Cl. The van der Waals surface area contributed by atoms with Gasteiger partial charge in [-0.1, -0.05) is 12.1 Å². The van der Waals surface area contributed by atoms with Crippen LogP contribution in [0.3, 0.4) is 0 Å². The lowest BCUT2D eigenvalue weighted by Crippen LogP contribution is -2.33. The van der Waals surface area contributed by atoms with Gasteiger partial charge < -0.3 is 14.8 Å². The number of nitrogens with zero attached hydrogens (tertiary/aromatic N) is 1. The highest BCUT2D eigenvalue weighted by Crippen LogP contribution is 2.49. The molecule has 0 amide bonds. The fourth-order valence-corrected chi connectivity index (χ4v) is 3.67. The summed E-state index contributed by atoms with van der Waals surface area (Å²) in [6, 6.07) is 12.2. The van der Waals surface area contributed by atoms with Gasteiger partial charge >= 0.3 is 0 Å². The van der Waals surface area contributed by atoms with E-state index in [1.807, 2.05) is 18.2 Å². The van der Waals surface area contributed by atoms with E-state index in [-0.39, 0.29) is 18.0 Å². The van der Waals surface area contributed by atoms with Gasteiger partial charge in [0.1, 0.15) is 5.82 Å². The molecule has 0 radical (unpaired) electrons. The van der Waals surface area contributed by atoms with Crippen LogP contribution in [0.15, 0.2) is 36.4 Å². The standard InChI is InChI=1S/C20H19FN2O2.ClH/c1-20(16-6-5-13(12-22)11-17(16)21)24-18-4-2-3-15(19(18)25-20)14-7-9-23-10-8-14;/h2-6,11,14,23H,7-10H2,1H3;1H/t20-;/m0./s1. The summed E-state index contributed by atoms with van der Waals surface area (Å²) in [5, 5.41) is 12.3. The fourth-order valence-electron chi connectivity index (χ4n) is 3.67. The Morgan fingerprint density at radius 1 is 1.19 bits per heavy atom. The van der Waals surface area contributed by atoms with Crippen molar-refractivity contribution < 1.29 is 13.9 Å². The summed E-state index contributed by atoms with van der Waals surface area (Å²) in [5.41, 5.74) is 1.69. The summed E-state index contributed by atoms with van der Waals surface area (Å²) in [4.78, 5) is 0. The van der Waals surface area contributed by atoms with Crippen LogP contribution in [0.25, 0.3) is 0 Å². The van der Waals surface area contributed by atoms with E-state index in [9.17, 15) is 4.39 Å². The van der Waals surface area contributed by atoms with Crippen molar-refractivity contribution in [3.63, 3.8) is 0 Å². The maximum absolute atomic E-state index is 14.5. The Morgan fingerprint density at radius 3 is 2.65 bits per heavy atom. The van der Waals surface area contributed by atoms with Crippen LogP contribution in [-0.4, -0.2) is 13.1 Å². The number of fused-ring (bicyclic) bond motifs is 1. The molecule has 26 heavy (non-hydrogen) atoms. The smallest absolute Gasteiger partial charge is 0.278 e. The number of hydrogen-bond acceptors (Lipinski definition) is 4. The highest BCUT2D eigenvalue weighted by Gasteiger charge is 2.42. The molecule has 2 heterocycles. The first-order valence-corrected chi connectivity index (χ1v) is 8.52.